The third-order valence-corrected chi connectivity index (χ3v) is 5.43. The Labute approximate surface area is 186 Å². The molecule has 3 aromatic heterocycles. The highest BCUT2D eigenvalue weighted by Crippen LogP contribution is 2.33. The van der Waals surface area contributed by atoms with Crippen molar-refractivity contribution in [1.29, 1.82) is 0 Å². The fourth-order valence-electron chi connectivity index (χ4n) is 3.70. The van der Waals surface area contributed by atoms with Gasteiger partial charge in [0.2, 0.25) is 5.65 Å². The van der Waals surface area contributed by atoms with Crippen LogP contribution in [0.2, 0.25) is 0 Å². The molecule has 0 saturated carbocycles. The van der Waals surface area contributed by atoms with Gasteiger partial charge >= 0.3 is 6.03 Å². The largest absolute Gasteiger partial charge is 0.494 e. The molecule has 1 N–H and O–H groups in total. The molecule has 0 spiro atoms. The van der Waals surface area contributed by atoms with E-state index >= 15 is 0 Å². The number of fused-ring (bicyclic) bond motifs is 7. The molecule has 2 amide bonds. The summed E-state index contributed by atoms with van der Waals surface area (Å²) in [5.74, 6) is 0.994. The zero-order valence-electron chi connectivity index (χ0n) is 18.6. The molecule has 170 valence electrons. The van der Waals surface area contributed by atoms with E-state index in [1.54, 1.807) is 24.4 Å². The number of carbonyl (C=O) groups excluding carboxylic acids is 1. The van der Waals surface area contributed by atoms with Crippen LogP contribution in [0.4, 0.5) is 4.79 Å². The number of carbonyl (C=O) groups is 1. The van der Waals surface area contributed by atoms with E-state index in [0.29, 0.717) is 62.3 Å². The maximum Gasteiger partial charge on any atom is 0.317 e. The number of rotatable bonds is 2. The fraction of sp³-hybridized carbons (Fsp3) is 0.455. The second kappa shape index (κ2) is 9.82. The Kier molecular flexibility index (Phi) is 6.69. The SMILES string of the molecule is CCN1C(=O)NCCCOCCOc2nc(cn3ccnc23)-c2cc(ncc2OC)[C@H]1C. The quantitative estimate of drug-likeness (QED) is 0.653. The first-order valence-corrected chi connectivity index (χ1v) is 10.8. The molecule has 3 aromatic rings. The van der Waals surface area contributed by atoms with Gasteiger partial charge in [-0.2, -0.15) is 0 Å². The Morgan fingerprint density at radius 2 is 2.16 bits per heavy atom. The van der Waals surface area contributed by atoms with Crippen molar-refractivity contribution in [2.75, 3.05) is 40.0 Å². The van der Waals surface area contributed by atoms with Crippen LogP contribution in [-0.4, -0.2) is 70.3 Å². The van der Waals surface area contributed by atoms with Gasteiger partial charge in [-0.3, -0.25) is 4.98 Å². The molecule has 0 unspecified atom stereocenters. The van der Waals surface area contributed by atoms with E-state index in [-0.39, 0.29) is 12.1 Å². The minimum Gasteiger partial charge on any atom is -0.494 e. The molecule has 1 atom stereocenters. The van der Waals surface area contributed by atoms with Gasteiger partial charge < -0.3 is 28.8 Å². The van der Waals surface area contributed by atoms with Crippen molar-refractivity contribution in [3.8, 4) is 22.9 Å². The molecule has 4 rings (SSSR count). The van der Waals surface area contributed by atoms with Crippen LogP contribution in [0.1, 0.15) is 32.0 Å². The molecule has 4 heterocycles. The van der Waals surface area contributed by atoms with Crippen molar-refractivity contribution in [2.24, 2.45) is 0 Å². The van der Waals surface area contributed by atoms with Crippen LogP contribution in [0.5, 0.6) is 11.6 Å². The number of pyridine rings is 1. The summed E-state index contributed by atoms with van der Waals surface area (Å²) in [4.78, 5) is 28.1. The highest BCUT2D eigenvalue weighted by molar-refractivity contribution is 5.75. The third kappa shape index (κ3) is 4.45. The van der Waals surface area contributed by atoms with Crippen molar-refractivity contribution in [2.45, 2.75) is 26.3 Å². The van der Waals surface area contributed by atoms with E-state index in [2.05, 4.69) is 15.3 Å². The van der Waals surface area contributed by atoms with Gasteiger partial charge in [0.1, 0.15) is 12.4 Å². The lowest BCUT2D eigenvalue weighted by molar-refractivity contribution is 0.0970. The van der Waals surface area contributed by atoms with Gasteiger partial charge in [-0.15, -0.1) is 0 Å². The normalized spacial score (nSPS) is 18.0. The van der Waals surface area contributed by atoms with Gasteiger partial charge in [0.05, 0.1) is 37.3 Å². The average Bonchev–Trinajstić information content (AvgIpc) is 3.29. The maximum absolute atomic E-state index is 12.8. The number of amides is 2. The highest BCUT2D eigenvalue weighted by Gasteiger charge is 2.23. The van der Waals surface area contributed by atoms with Gasteiger partial charge in [-0.05, 0) is 26.3 Å². The second-order valence-electron chi connectivity index (χ2n) is 7.41. The summed E-state index contributed by atoms with van der Waals surface area (Å²) in [6.07, 6.45) is 7.78. The molecule has 0 radical (unpaired) electrons. The summed E-state index contributed by atoms with van der Waals surface area (Å²) in [5.41, 5.74) is 2.76. The number of methoxy groups -OCH3 is 1. The summed E-state index contributed by atoms with van der Waals surface area (Å²) >= 11 is 0. The van der Waals surface area contributed by atoms with Crippen LogP contribution in [0, 0.1) is 0 Å². The highest BCUT2D eigenvalue weighted by atomic mass is 16.5. The van der Waals surface area contributed by atoms with Crippen LogP contribution < -0.4 is 14.8 Å². The molecule has 0 aliphatic carbocycles. The molecule has 4 bridgehead atoms. The summed E-state index contributed by atoms with van der Waals surface area (Å²) in [6.45, 7) is 6.25. The van der Waals surface area contributed by atoms with Crippen LogP contribution in [0.3, 0.4) is 0 Å². The zero-order valence-corrected chi connectivity index (χ0v) is 18.6. The predicted molar refractivity (Wildman–Crippen MR) is 118 cm³/mol. The topological polar surface area (TPSA) is 103 Å². The van der Waals surface area contributed by atoms with E-state index < -0.39 is 0 Å². The van der Waals surface area contributed by atoms with Gasteiger partial charge in [0.15, 0.2) is 0 Å². The smallest absolute Gasteiger partial charge is 0.317 e. The number of urea groups is 1. The van der Waals surface area contributed by atoms with Gasteiger partial charge in [0.25, 0.3) is 5.88 Å². The molecule has 10 nitrogen and oxygen atoms in total. The first-order valence-electron chi connectivity index (χ1n) is 10.8. The van der Waals surface area contributed by atoms with Gasteiger partial charge in [-0.25, -0.2) is 14.8 Å². The molecular formula is C22H28N6O4. The first kappa shape index (κ1) is 21.8. The average molecular weight is 441 g/mol. The van der Waals surface area contributed by atoms with Crippen LogP contribution in [-0.2, 0) is 4.74 Å². The van der Waals surface area contributed by atoms with E-state index in [1.165, 1.54) is 0 Å². The monoisotopic (exact) mass is 440 g/mol. The van der Waals surface area contributed by atoms with E-state index in [4.69, 9.17) is 19.2 Å². The number of hydrogen-bond donors (Lipinski definition) is 1. The van der Waals surface area contributed by atoms with Crippen LogP contribution in [0.25, 0.3) is 16.9 Å². The molecule has 10 heteroatoms. The Bertz CT molecular complexity index is 1090. The number of nitrogens with zero attached hydrogens (tertiary/aromatic N) is 5. The lowest BCUT2D eigenvalue weighted by Crippen LogP contribution is -2.42. The Balaban J connectivity index is 1.81. The summed E-state index contributed by atoms with van der Waals surface area (Å²) < 4.78 is 19.0. The number of hydrogen-bond acceptors (Lipinski definition) is 7. The molecule has 1 aliphatic heterocycles. The number of aromatic nitrogens is 4. The minimum atomic E-state index is -0.246. The second-order valence-corrected chi connectivity index (χ2v) is 7.41. The van der Waals surface area contributed by atoms with Crippen molar-refractivity contribution in [3.05, 3.63) is 36.5 Å². The molecule has 0 aromatic carbocycles. The lowest BCUT2D eigenvalue weighted by Gasteiger charge is -2.28. The van der Waals surface area contributed by atoms with E-state index in [0.717, 1.165) is 11.3 Å². The summed E-state index contributed by atoms with van der Waals surface area (Å²) in [6, 6.07) is 1.53. The molecule has 0 saturated heterocycles. The van der Waals surface area contributed by atoms with Crippen molar-refractivity contribution >= 4 is 11.7 Å². The van der Waals surface area contributed by atoms with Crippen LogP contribution >= 0.6 is 0 Å². The molecule has 1 aliphatic rings. The number of imidazole rings is 1. The number of ether oxygens (including phenoxy) is 3. The van der Waals surface area contributed by atoms with Crippen molar-refractivity contribution in [1.82, 2.24) is 29.6 Å². The van der Waals surface area contributed by atoms with Crippen LogP contribution in [0.15, 0.2) is 30.9 Å². The Morgan fingerprint density at radius 3 is 2.97 bits per heavy atom. The Hall–Kier alpha value is -3.40. The minimum absolute atomic E-state index is 0.132. The van der Waals surface area contributed by atoms with Crippen molar-refractivity contribution < 1.29 is 19.0 Å². The van der Waals surface area contributed by atoms with Gasteiger partial charge in [-0.1, -0.05) is 0 Å². The lowest BCUT2D eigenvalue weighted by atomic mass is 10.1. The van der Waals surface area contributed by atoms with E-state index in [9.17, 15) is 4.79 Å². The fourth-order valence-corrected chi connectivity index (χ4v) is 3.70. The Morgan fingerprint density at radius 1 is 1.28 bits per heavy atom. The third-order valence-electron chi connectivity index (χ3n) is 5.43. The zero-order chi connectivity index (χ0) is 22.5. The predicted octanol–water partition coefficient (Wildman–Crippen LogP) is 2.69. The molecule has 0 fully saturated rings. The van der Waals surface area contributed by atoms with E-state index in [1.807, 2.05) is 36.7 Å². The summed E-state index contributed by atoms with van der Waals surface area (Å²) in [7, 11) is 1.59. The van der Waals surface area contributed by atoms with Gasteiger partial charge in [0, 0.05) is 43.9 Å². The number of nitrogens with one attached hydrogen (secondary N) is 1. The molecule has 32 heavy (non-hydrogen) atoms. The first-order chi connectivity index (χ1) is 15.6. The van der Waals surface area contributed by atoms with Crippen molar-refractivity contribution in [3.63, 3.8) is 0 Å². The summed E-state index contributed by atoms with van der Waals surface area (Å²) in [5, 5.41) is 2.96. The molecular weight excluding hydrogens is 412 g/mol. The maximum atomic E-state index is 12.8. The standard InChI is InChI=1S/C22H28N6O4/c1-4-28-15(2)17-12-16(19(30-3)13-25-17)18-14-27-8-7-23-20(27)21(26-18)32-11-10-31-9-5-6-24-22(28)29/h7-8,12-15H,4-6,9-11H2,1-3H3,(H,24,29)/t15-/m1/s1.